The summed E-state index contributed by atoms with van der Waals surface area (Å²) in [5, 5.41) is 14.1. The van der Waals surface area contributed by atoms with Crippen LogP contribution in [0.3, 0.4) is 0 Å². The molecule has 4 rings (SSSR count). The molecule has 160 valence electrons. The minimum Gasteiger partial charge on any atom is -0.385 e. The Bertz CT molecular complexity index is 1060. The Morgan fingerprint density at radius 2 is 1.93 bits per heavy atom. The standard InChI is InChI=1S/C22H25FN2O4S/c1-15(26)24-19-7-9-20(10-8-19)30(28,29)25-13-16-4-3-11-22(27,21(16)14-25)17-5-2-6-18(23)12-17/h2,5-10,12,16,21,27H,3-4,11,13-14H2,1H3,(H,24,26)/t16-,21+,22+/m0/s1. The highest BCUT2D eigenvalue weighted by molar-refractivity contribution is 7.89. The summed E-state index contributed by atoms with van der Waals surface area (Å²) in [6.45, 7) is 1.90. The first kappa shape index (κ1) is 21.0. The van der Waals surface area contributed by atoms with Crippen molar-refractivity contribution < 1.29 is 22.7 Å². The first-order chi connectivity index (χ1) is 14.2. The Morgan fingerprint density at radius 1 is 1.20 bits per heavy atom. The van der Waals surface area contributed by atoms with Crippen molar-refractivity contribution in [1.29, 1.82) is 0 Å². The lowest BCUT2D eigenvalue weighted by Crippen LogP contribution is -2.43. The highest BCUT2D eigenvalue weighted by Gasteiger charge is 2.52. The molecule has 0 aromatic heterocycles. The van der Waals surface area contributed by atoms with E-state index in [0.717, 1.165) is 12.8 Å². The number of nitrogens with zero attached hydrogens (tertiary/aromatic N) is 1. The maximum atomic E-state index is 13.8. The topological polar surface area (TPSA) is 86.7 Å². The second-order valence-corrected chi connectivity index (χ2v) is 10.2. The van der Waals surface area contributed by atoms with Crippen molar-refractivity contribution in [3.05, 3.63) is 59.9 Å². The van der Waals surface area contributed by atoms with Crippen molar-refractivity contribution in [2.45, 2.75) is 36.7 Å². The molecule has 0 radical (unpaired) electrons. The Hall–Kier alpha value is -2.29. The number of carbonyl (C=O) groups is 1. The summed E-state index contributed by atoms with van der Waals surface area (Å²) in [6, 6.07) is 12.0. The number of amides is 1. The van der Waals surface area contributed by atoms with Crippen LogP contribution in [-0.2, 0) is 20.4 Å². The summed E-state index contributed by atoms with van der Waals surface area (Å²) in [4.78, 5) is 11.3. The molecule has 2 fully saturated rings. The van der Waals surface area contributed by atoms with Crippen molar-refractivity contribution in [3.63, 3.8) is 0 Å². The quantitative estimate of drug-likeness (QED) is 0.777. The molecule has 1 aliphatic heterocycles. The van der Waals surface area contributed by atoms with Crippen LogP contribution in [0.1, 0.15) is 31.7 Å². The predicted octanol–water partition coefficient (Wildman–Crippen LogP) is 3.09. The van der Waals surface area contributed by atoms with E-state index in [4.69, 9.17) is 0 Å². The number of anilines is 1. The molecule has 1 saturated heterocycles. The number of hydrogen-bond donors (Lipinski definition) is 2. The molecule has 1 saturated carbocycles. The average Bonchev–Trinajstić information content (AvgIpc) is 3.15. The van der Waals surface area contributed by atoms with E-state index in [-0.39, 0.29) is 29.2 Å². The SMILES string of the molecule is CC(=O)Nc1ccc(S(=O)(=O)N2C[C@@H]3CCC[C@@](O)(c4cccc(F)c4)[C@@H]3C2)cc1. The number of rotatable bonds is 4. The van der Waals surface area contributed by atoms with E-state index < -0.39 is 21.4 Å². The number of halogens is 1. The highest BCUT2D eigenvalue weighted by atomic mass is 32.2. The molecule has 8 heteroatoms. The van der Waals surface area contributed by atoms with E-state index in [1.807, 2.05) is 0 Å². The Balaban J connectivity index is 1.59. The van der Waals surface area contributed by atoms with E-state index in [0.29, 0.717) is 24.2 Å². The molecule has 6 nitrogen and oxygen atoms in total. The van der Waals surface area contributed by atoms with Gasteiger partial charge in [-0.2, -0.15) is 4.31 Å². The average molecular weight is 433 g/mol. The first-order valence-corrected chi connectivity index (χ1v) is 11.5. The van der Waals surface area contributed by atoms with Gasteiger partial charge < -0.3 is 10.4 Å². The maximum absolute atomic E-state index is 13.8. The fraction of sp³-hybridized carbons (Fsp3) is 0.409. The summed E-state index contributed by atoms with van der Waals surface area (Å²) >= 11 is 0. The molecular formula is C22H25FN2O4S. The lowest BCUT2D eigenvalue weighted by atomic mass is 9.67. The summed E-state index contributed by atoms with van der Waals surface area (Å²) in [5.41, 5.74) is -0.210. The second kappa shape index (κ2) is 7.76. The summed E-state index contributed by atoms with van der Waals surface area (Å²) < 4.78 is 41.6. The first-order valence-electron chi connectivity index (χ1n) is 10.1. The lowest BCUT2D eigenvalue weighted by Gasteiger charge is -2.41. The van der Waals surface area contributed by atoms with Gasteiger partial charge in [-0.1, -0.05) is 12.1 Å². The van der Waals surface area contributed by atoms with Crippen LogP contribution in [0.15, 0.2) is 53.4 Å². The minimum atomic E-state index is -3.75. The van der Waals surface area contributed by atoms with Crippen molar-refractivity contribution in [1.82, 2.24) is 4.31 Å². The Labute approximate surface area is 175 Å². The van der Waals surface area contributed by atoms with E-state index in [1.54, 1.807) is 24.3 Å². The van der Waals surface area contributed by atoms with Gasteiger partial charge in [0, 0.05) is 31.6 Å². The molecule has 3 atom stereocenters. The number of aliphatic hydroxyl groups is 1. The maximum Gasteiger partial charge on any atom is 0.243 e. The van der Waals surface area contributed by atoms with Gasteiger partial charge in [0.1, 0.15) is 5.82 Å². The molecular weight excluding hydrogens is 407 g/mol. The van der Waals surface area contributed by atoms with Crippen LogP contribution < -0.4 is 5.32 Å². The van der Waals surface area contributed by atoms with E-state index in [9.17, 15) is 22.7 Å². The van der Waals surface area contributed by atoms with Gasteiger partial charge in [0.05, 0.1) is 10.5 Å². The molecule has 1 heterocycles. The minimum absolute atomic E-state index is 0.0143. The number of nitrogens with one attached hydrogen (secondary N) is 1. The number of hydrogen-bond acceptors (Lipinski definition) is 4. The number of carbonyl (C=O) groups excluding carboxylic acids is 1. The van der Waals surface area contributed by atoms with Gasteiger partial charge in [0.15, 0.2) is 0 Å². The molecule has 0 bridgehead atoms. The molecule has 0 unspecified atom stereocenters. The largest absolute Gasteiger partial charge is 0.385 e. The van der Waals surface area contributed by atoms with Gasteiger partial charge in [0.2, 0.25) is 15.9 Å². The molecule has 0 spiro atoms. The van der Waals surface area contributed by atoms with E-state index >= 15 is 0 Å². The van der Waals surface area contributed by atoms with Crippen LogP contribution in [-0.4, -0.2) is 36.8 Å². The Kier molecular flexibility index (Phi) is 5.42. The van der Waals surface area contributed by atoms with Crippen molar-refractivity contribution >= 4 is 21.6 Å². The van der Waals surface area contributed by atoms with Gasteiger partial charge in [-0.15, -0.1) is 0 Å². The third kappa shape index (κ3) is 3.75. The van der Waals surface area contributed by atoms with Crippen LogP contribution in [0.5, 0.6) is 0 Å². The van der Waals surface area contributed by atoms with Gasteiger partial charge in [-0.25, -0.2) is 12.8 Å². The van der Waals surface area contributed by atoms with Crippen molar-refractivity contribution in [3.8, 4) is 0 Å². The smallest absolute Gasteiger partial charge is 0.243 e. The zero-order chi connectivity index (χ0) is 21.5. The molecule has 1 aliphatic carbocycles. The normalized spacial score (nSPS) is 26.9. The molecule has 2 aromatic rings. The van der Waals surface area contributed by atoms with Gasteiger partial charge in [0.25, 0.3) is 0 Å². The summed E-state index contributed by atoms with van der Waals surface area (Å²) in [6.07, 6.45) is 2.07. The van der Waals surface area contributed by atoms with E-state index in [1.165, 1.54) is 35.5 Å². The third-order valence-corrected chi connectivity index (χ3v) is 8.14. The lowest BCUT2D eigenvalue weighted by molar-refractivity contribution is -0.114. The predicted molar refractivity (Wildman–Crippen MR) is 111 cm³/mol. The van der Waals surface area contributed by atoms with E-state index in [2.05, 4.69) is 5.32 Å². The summed E-state index contributed by atoms with van der Waals surface area (Å²) in [7, 11) is -3.75. The van der Waals surface area contributed by atoms with Crippen molar-refractivity contribution in [2.24, 2.45) is 11.8 Å². The zero-order valence-electron chi connectivity index (χ0n) is 16.7. The van der Waals surface area contributed by atoms with Crippen LogP contribution >= 0.6 is 0 Å². The monoisotopic (exact) mass is 432 g/mol. The van der Waals surface area contributed by atoms with Crippen molar-refractivity contribution in [2.75, 3.05) is 18.4 Å². The van der Waals surface area contributed by atoms with Gasteiger partial charge in [-0.05, 0) is 67.1 Å². The highest BCUT2D eigenvalue weighted by Crippen LogP contribution is 2.49. The van der Waals surface area contributed by atoms with Crippen LogP contribution in [0.2, 0.25) is 0 Å². The van der Waals surface area contributed by atoms with Gasteiger partial charge in [-0.3, -0.25) is 4.79 Å². The molecule has 2 aliphatic rings. The number of benzene rings is 2. The van der Waals surface area contributed by atoms with Gasteiger partial charge >= 0.3 is 0 Å². The molecule has 30 heavy (non-hydrogen) atoms. The zero-order valence-corrected chi connectivity index (χ0v) is 17.5. The van der Waals surface area contributed by atoms with Crippen LogP contribution in [0.25, 0.3) is 0 Å². The fourth-order valence-corrected chi connectivity index (χ4v) is 6.38. The van der Waals surface area contributed by atoms with Crippen LogP contribution in [0, 0.1) is 17.7 Å². The van der Waals surface area contributed by atoms with Crippen LogP contribution in [0.4, 0.5) is 10.1 Å². The number of sulfonamides is 1. The molecule has 2 aromatic carbocycles. The summed E-state index contributed by atoms with van der Waals surface area (Å²) in [5.74, 6) is -0.919. The molecule has 2 N–H and O–H groups in total. The second-order valence-electron chi connectivity index (χ2n) is 8.22. The third-order valence-electron chi connectivity index (χ3n) is 6.29. The Morgan fingerprint density at radius 3 is 2.60 bits per heavy atom. The molecule has 1 amide bonds. The number of fused-ring (bicyclic) bond motifs is 1. The fourth-order valence-electron chi connectivity index (χ4n) is 4.86.